The van der Waals surface area contributed by atoms with Crippen LogP contribution in [0.25, 0.3) is 0 Å². The minimum absolute atomic E-state index is 0.0796. The molecule has 0 fully saturated rings. The van der Waals surface area contributed by atoms with Crippen LogP contribution in [0.2, 0.25) is 0 Å². The number of amides is 1. The van der Waals surface area contributed by atoms with Crippen LogP contribution in [0.3, 0.4) is 0 Å². The summed E-state index contributed by atoms with van der Waals surface area (Å²) in [6, 6.07) is 3.07. The normalized spacial score (nSPS) is 10.3. The highest BCUT2D eigenvalue weighted by Gasteiger charge is 2.14. The monoisotopic (exact) mass is 300 g/mol. The van der Waals surface area contributed by atoms with Gasteiger partial charge in [0.05, 0.1) is 0 Å². The van der Waals surface area contributed by atoms with Crippen LogP contribution in [0.1, 0.15) is 23.7 Å². The number of aromatic nitrogens is 1. The number of hydrogen-bond acceptors (Lipinski definition) is 2. The Morgan fingerprint density at radius 1 is 1.47 bits per heavy atom. The standard InChI is InChI=1S/C12H17BrN2O2/c1-3-6-15(8-5-13)12(17)10-4-7-14(2)11(16)9-10/h4,7,9H,3,5-6,8H2,1-2H3. The fourth-order valence-electron chi connectivity index (χ4n) is 1.55. The van der Waals surface area contributed by atoms with Gasteiger partial charge >= 0.3 is 0 Å². The van der Waals surface area contributed by atoms with Crippen molar-refractivity contribution in [2.75, 3.05) is 18.4 Å². The van der Waals surface area contributed by atoms with Gasteiger partial charge in [0, 0.05) is 43.3 Å². The second-order valence-corrected chi connectivity index (χ2v) is 4.64. The van der Waals surface area contributed by atoms with Crippen LogP contribution in [0, 0.1) is 0 Å². The van der Waals surface area contributed by atoms with E-state index in [4.69, 9.17) is 0 Å². The average molecular weight is 301 g/mol. The van der Waals surface area contributed by atoms with Gasteiger partial charge in [-0.25, -0.2) is 0 Å². The van der Waals surface area contributed by atoms with E-state index >= 15 is 0 Å². The van der Waals surface area contributed by atoms with Gasteiger partial charge in [-0.2, -0.15) is 0 Å². The zero-order valence-electron chi connectivity index (χ0n) is 10.1. The molecule has 0 aliphatic carbocycles. The Bertz CT molecular complexity index is 436. The maximum atomic E-state index is 12.1. The zero-order chi connectivity index (χ0) is 12.8. The van der Waals surface area contributed by atoms with Crippen LogP contribution >= 0.6 is 15.9 Å². The van der Waals surface area contributed by atoms with Crippen molar-refractivity contribution in [3.05, 3.63) is 34.2 Å². The third kappa shape index (κ3) is 3.70. The minimum Gasteiger partial charge on any atom is -0.338 e. The summed E-state index contributed by atoms with van der Waals surface area (Å²) < 4.78 is 1.45. The van der Waals surface area contributed by atoms with Crippen LogP contribution in [0.4, 0.5) is 0 Å². The molecular weight excluding hydrogens is 284 g/mol. The Morgan fingerprint density at radius 2 is 2.18 bits per heavy atom. The van der Waals surface area contributed by atoms with Crippen LogP contribution in [0.15, 0.2) is 23.1 Å². The average Bonchev–Trinajstić information content (AvgIpc) is 2.31. The van der Waals surface area contributed by atoms with Crippen molar-refractivity contribution in [1.82, 2.24) is 9.47 Å². The van der Waals surface area contributed by atoms with E-state index in [0.717, 1.165) is 11.8 Å². The predicted molar refractivity (Wildman–Crippen MR) is 71.7 cm³/mol. The van der Waals surface area contributed by atoms with Crippen molar-refractivity contribution < 1.29 is 4.79 Å². The molecule has 0 aliphatic heterocycles. The van der Waals surface area contributed by atoms with Crippen molar-refractivity contribution in [2.45, 2.75) is 13.3 Å². The molecule has 0 unspecified atom stereocenters. The Kier molecular flexibility index (Phi) is 5.41. The first-order chi connectivity index (χ1) is 8.10. The maximum Gasteiger partial charge on any atom is 0.254 e. The van der Waals surface area contributed by atoms with Gasteiger partial charge in [0.15, 0.2) is 0 Å². The number of carbonyl (C=O) groups excluding carboxylic acids is 1. The van der Waals surface area contributed by atoms with Gasteiger partial charge < -0.3 is 9.47 Å². The molecule has 0 aliphatic rings. The first-order valence-electron chi connectivity index (χ1n) is 5.62. The van der Waals surface area contributed by atoms with Gasteiger partial charge in [-0.15, -0.1) is 0 Å². The lowest BCUT2D eigenvalue weighted by molar-refractivity contribution is 0.0766. The van der Waals surface area contributed by atoms with Crippen LogP contribution < -0.4 is 5.56 Å². The molecule has 5 heteroatoms. The summed E-state index contributed by atoms with van der Waals surface area (Å²) in [7, 11) is 1.67. The summed E-state index contributed by atoms with van der Waals surface area (Å²) in [5, 5.41) is 0.740. The van der Waals surface area contributed by atoms with Gasteiger partial charge in [-0.05, 0) is 12.5 Å². The minimum atomic E-state index is -0.161. The summed E-state index contributed by atoms with van der Waals surface area (Å²) in [4.78, 5) is 25.4. The summed E-state index contributed by atoms with van der Waals surface area (Å²) in [6.07, 6.45) is 2.53. The number of aryl methyl sites for hydroxylation is 1. The molecule has 17 heavy (non-hydrogen) atoms. The van der Waals surface area contributed by atoms with E-state index in [1.807, 2.05) is 6.92 Å². The van der Waals surface area contributed by atoms with Crippen molar-refractivity contribution in [3.8, 4) is 0 Å². The van der Waals surface area contributed by atoms with Crippen molar-refractivity contribution >= 4 is 21.8 Å². The molecule has 0 saturated heterocycles. The maximum absolute atomic E-state index is 12.1. The fraction of sp³-hybridized carbons (Fsp3) is 0.500. The molecule has 1 aromatic heterocycles. The van der Waals surface area contributed by atoms with Gasteiger partial charge in [0.25, 0.3) is 11.5 Å². The summed E-state index contributed by atoms with van der Waals surface area (Å²) in [5.41, 5.74) is 0.300. The van der Waals surface area contributed by atoms with Crippen molar-refractivity contribution in [1.29, 1.82) is 0 Å². The van der Waals surface area contributed by atoms with E-state index < -0.39 is 0 Å². The number of pyridine rings is 1. The highest BCUT2D eigenvalue weighted by Crippen LogP contribution is 2.04. The highest BCUT2D eigenvalue weighted by molar-refractivity contribution is 9.09. The fourth-order valence-corrected chi connectivity index (χ4v) is 1.98. The molecule has 0 radical (unpaired) electrons. The number of rotatable bonds is 5. The van der Waals surface area contributed by atoms with Gasteiger partial charge in [-0.3, -0.25) is 9.59 Å². The SMILES string of the molecule is CCCN(CCBr)C(=O)c1ccn(C)c(=O)c1. The van der Waals surface area contributed by atoms with E-state index in [9.17, 15) is 9.59 Å². The molecule has 1 amide bonds. The van der Waals surface area contributed by atoms with Gasteiger partial charge in [-0.1, -0.05) is 22.9 Å². The number of alkyl halides is 1. The van der Waals surface area contributed by atoms with Crippen LogP contribution in [0.5, 0.6) is 0 Å². The molecule has 0 N–H and O–H groups in total. The molecule has 0 spiro atoms. The van der Waals surface area contributed by atoms with E-state index in [-0.39, 0.29) is 11.5 Å². The topological polar surface area (TPSA) is 42.3 Å². The van der Waals surface area contributed by atoms with Crippen LogP contribution in [-0.4, -0.2) is 33.8 Å². The second-order valence-electron chi connectivity index (χ2n) is 3.85. The molecule has 1 aromatic rings. The lowest BCUT2D eigenvalue weighted by atomic mass is 10.2. The largest absolute Gasteiger partial charge is 0.338 e. The quantitative estimate of drug-likeness (QED) is 0.776. The van der Waals surface area contributed by atoms with E-state index in [2.05, 4.69) is 15.9 Å². The first-order valence-corrected chi connectivity index (χ1v) is 6.74. The zero-order valence-corrected chi connectivity index (χ0v) is 11.7. The van der Waals surface area contributed by atoms with E-state index in [0.29, 0.717) is 18.7 Å². The summed E-state index contributed by atoms with van der Waals surface area (Å²) in [5.74, 6) is -0.0796. The first kappa shape index (κ1) is 14.0. The number of halogens is 1. The molecule has 94 valence electrons. The molecule has 0 atom stereocenters. The molecular formula is C12H17BrN2O2. The third-order valence-corrected chi connectivity index (χ3v) is 2.84. The lowest BCUT2D eigenvalue weighted by Gasteiger charge is -2.21. The molecule has 4 nitrogen and oxygen atoms in total. The van der Waals surface area contributed by atoms with E-state index in [1.54, 1.807) is 24.2 Å². The van der Waals surface area contributed by atoms with E-state index in [1.165, 1.54) is 10.6 Å². The highest BCUT2D eigenvalue weighted by atomic mass is 79.9. The Labute approximate surface area is 109 Å². The molecule has 1 heterocycles. The lowest BCUT2D eigenvalue weighted by Crippen LogP contribution is -2.34. The molecule has 0 aromatic carbocycles. The Hall–Kier alpha value is -1.10. The Balaban J connectivity index is 2.92. The molecule has 0 saturated carbocycles. The molecule has 1 rings (SSSR count). The third-order valence-electron chi connectivity index (χ3n) is 2.49. The van der Waals surface area contributed by atoms with Crippen LogP contribution in [-0.2, 0) is 7.05 Å². The smallest absolute Gasteiger partial charge is 0.254 e. The predicted octanol–water partition coefficient (Wildman–Crippen LogP) is 1.63. The molecule has 0 bridgehead atoms. The summed E-state index contributed by atoms with van der Waals surface area (Å²) in [6.45, 7) is 3.39. The number of nitrogens with zero attached hydrogens (tertiary/aromatic N) is 2. The number of hydrogen-bond donors (Lipinski definition) is 0. The Morgan fingerprint density at radius 3 is 2.71 bits per heavy atom. The second kappa shape index (κ2) is 6.59. The van der Waals surface area contributed by atoms with Gasteiger partial charge in [0.2, 0.25) is 0 Å². The number of carbonyl (C=O) groups is 1. The summed E-state index contributed by atoms with van der Waals surface area (Å²) >= 11 is 3.33. The van der Waals surface area contributed by atoms with Gasteiger partial charge in [0.1, 0.15) is 0 Å². The van der Waals surface area contributed by atoms with Crippen molar-refractivity contribution in [3.63, 3.8) is 0 Å². The van der Waals surface area contributed by atoms with Crippen molar-refractivity contribution in [2.24, 2.45) is 7.05 Å².